The summed E-state index contributed by atoms with van der Waals surface area (Å²) >= 11 is 0. The van der Waals surface area contributed by atoms with Gasteiger partial charge in [-0.25, -0.2) is 8.78 Å². The lowest BCUT2D eigenvalue weighted by molar-refractivity contribution is -0.151. The summed E-state index contributed by atoms with van der Waals surface area (Å²) in [4.78, 5) is 23.9. The number of imide groups is 1. The van der Waals surface area contributed by atoms with Gasteiger partial charge in [0.1, 0.15) is 6.61 Å². The second-order valence-corrected chi connectivity index (χ2v) is 5.05. The zero-order valence-corrected chi connectivity index (χ0v) is 9.04. The van der Waals surface area contributed by atoms with E-state index in [1.165, 1.54) is 0 Å². The van der Waals surface area contributed by atoms with Gasteiger partial charge in [-0.3, -0.25) is 14.5 Å². The monoisotopic (exact) mass is 233 g/mol. The topological polar surface area (TPSA) is 57.6 Å². The van der Waals surface area contributed by atoms with Crippen molar-refractivity contribution >= 4 is 11.8 Å². The standard InChI is InChI=1S/C10H13F2NO3/c1-9(2)5-6(9)8(16)13(7(5)15)3-10(11,12)4-14/h5-6,14H,3-4H2,1-2H3. The molecule has 2 amide bonds. The number of hydrogen-bond donors (Lipinski definition) is 1. The van der Waals surface area contributed by atoms with Crippen LogP contribution in [0.5, 0.6) is 0 Å². The molecule has 1 saturated carbocycles. The van der Waals surface area contributed by atoms with E-state index in [0.717, 1.165) is 0 Å². The number of carbonyl (C=O) groups is 2. The highest BCUT2D eigenvalue weighted by Gasteiger charge is 2.72. The first-order chi connectivity index (χ1) is 7.22. The minimum atomic E-state index is -3.41. The molecule has 0 aromatic carbocycles. The molecular formula is C10H13F2NO3. The van der Waals surface area contributed by atoms with Crippen molar-refractivity contribution in [3.8, 4) is 0 Å². The largest absolute Gasteiger partial charge is 0.390 e. The van der Waals surface area contributed by atoms with Crippen LogP contribution in [0.15, 0.2) is 0 Å². The van der Waals surface area contributed by atoms with Gasteiger partial charge in [-0.2, -0.15) is 0 Å². The molecule has 1 aliphatic carbocycles. The third-order valence-corrected chi connectivity index (χ3v) is 3.51. The average molecular weight is 233 g/mol. The third kappa shape index (κ3) is 1.36. The van der Waals surface area contributed by atoms with Gasteiger partial charge in [0.2, 0.25) is 11.8 Å². The Balaban J connectivity index is 2.12. The quantitative estimate of drug-likeness (QED) is 0.711. The van der Waals surface area contributed by atoms with Crippen molar-refractivity contribution in [3.05, 3.63) is 0 Å². The number of nitrogens with zero attached hydrogens (tertiary/aromatic N) is 1. The molecule has 1 saturated heterocycles. The fourth-order valence-electron chi connectivity index (χ4n) is 2.44. The molecule has 1 heterocycles. The molecule has 1 aliphatic heterocycles. The van der Waals surface area contributed by atoms with E-state index >= 15 is 0 Å². The van der Waals surface area contributed by atoms with Crippen molar-refractivity contribution in [1.29, 1.82) is 0 Å². The van der Waals surface area contributed by atoms with Crippen LogP contribution in [0, 0.1) is 17.3 Å². The van der Waals surface area contributed by atoms with Gasteiger partial charge in [0, 0.05) is 0 Å². The van der Waals surface area contributed by atoms with Crippen LogP contribution in [-0.4, -0.2) is 40.9 Å². The van der Waals surface area contributed by atoms with Crippen LogP contribution in [0.25, 0.3) is 0 Å². The SMILES string of the molecule is CC1(C)C2C(=O)N(CC(F)(F)CO)C(=O)C21. The second kappa shape index (κ2) is 3.00. The summed E-state index contributed by atoms with van der Waals surface area (Å²) in [6.45, 7) is 1.19. The van der Waals surface area contributed by atoms with Crippen LogP contribution < -0.4 is 0 Å². The van der Waals surface area contributed by atoms with Crippen molar-refractivity contribution in [2.45, 2.75) is 19.8 Å². The van der Waals surface area contributed by atoms with Crippen molar-refractivity contribution in [1.82, 2.24) is 4.90 Å². The smallest absolute Gasteiger partial charge is 0.288 e. The van der Waals surface area contributed by atoms with Gasteiger partial charge >= 0.3 is 0 Å². The lowest BCUT2D eigenvalue weighted by atomic mass is 10.1. The molecule has 0 aromatic heterocycles. The Hall–Kier alpha value is -1.04. The summed E-state index contributed by atoms with van der Waals surface area (Å²) in [6, 6.07) is 0. The van der Waals surface area contributed by atoms with E-state index < -0.39 is 42.7 Å². The van der Waals surface area contributed by atoms with E-state index in [4.69, 9.17) is 5.11 Å². The molecular weight excluding hydrogens is 220 g/mol. The molecule has 0 bridgehead atoms. The zero-order valence-electron chi connectivity index (χ0n) is 9.04. The minimum absolute atomic E-state index is 0.390. The number of aliphatic hydroxyl groups excluding tert-OH is 1. The summed E-state index contributed by atoms with van der Waals surface area (Å²) in [6.07, 6.45) is 0. The highest BCUT2D eigenvalue weighted by Crippen LogP contribution is 2.63. The minimum Gasteiger partial charge on any atom is -0.390 e. The summed E-state index contributed by atoms with van der Waals surface area (Å²) in [5, 5.41) is 8.41. The van der Waals surface area contributed by atoms with E-state index in [0.29, 0.717) is 4.90 Å². The van der Waals surface area contributed by atoms with Gasteiger partial charge < -0.3 is 5.11 Å². The number of amides is 2. The van der Waals surface area contributed by atoms with Crippen LogP contribution in [0.3, 0.4) is 0 Å². The number of hydrogen-bond acceptors (Lipinski definition) is 3. The van der Waals surface area contributed by atoms with Gasteiger partial charge in [0.05, 0.1) is 18.4 Å². The Labute approximate surface area is 91.2 Å². The van der Waals surface area contributed by atoms with Crippen molar-refractivity contribution in [3.63, 3.8) is 0 Å². The number of likely N-dealkylation sites (tertiary alicyclic amines) is 1. The van der Waals surface area contributed by atoms with Gasteiger partial charge in [0.15, 0.2) is 0 Å². The van der Waals surface area contributed by atoms with Gasteiger partial charge in [-0.15, -0.1) is 0 Å². The van der Waals surface area contributed by atoms with Gasteiger partial charge in [-0.1, -0.05) is 13.8 Å². The molecule has 2 fully saturated rings. The molecule has 4 nitrogen and oxygen atoms in total. The number of fused-ring (bicyclic) bond motifs is 1. The second-order valence-electron chi connectivity index (χ2n) is 5.05. The molecule has 0 spiro atoms. The van der Waals surface area contributed by atoms with Gasteiger partial charge in [-0.05, 0) is 5.41 Å². The van der Waals surface area contributed by atoms with Crippen molar-refractivity contribution < 1.29 is 23.5 Å². The normalized spacial score (nSPS) is 31.9. The number of carbonyl (C=O) groups excluding carboxylic acids is 2. The summed E-state index contributed by atoms with van der Waals surface area (Å²) in [7, 11) is 0. The first-order valence-electron chi connectivity index (χ1n) is 5.06. The average Bonchev–Trinajstić information content (AvgIpc) is 2.65. The summed E-state index contributed by atoms with van der Waals surface area (Å²) in [5.74, 6) is -5.38. The maximum absolute atomic E-state index is 12.9. The maximum Gasteiger partial charge on any atom is 0.288 e. The molecule has 2 aliphatic rings. The molecule has 0 aromatic rings. The first-order valence-corrected chi connectivity index (χ1v) is 5.06. The van der Waals surface area contributed by atoms with E-state index in [2.05, 4.69) is 0 Å². The fraction of sp³-hybridized carbons (Fsp3) is 0.800. The van der Waals surface area contributed by atoms with Crippen LogP contribution >= 0.6 is 0 Å². The number of aliphatic hydroxyl groups is 1. The fourth-order valence-corrected chi connectivity index (χ4v) is 2.44. The number of rotatable bonds is 3. The lowest BCUT2D eigenvalue weighted by Crippen LogP contribution is -2.45. The Kier molecular flexibility index (Phi) is 2.15. The lowest BCUT2D eigenvalue weighted by Gasteiger charge is -2.24. The van der Waals surface area contributed by atoms with Crippen LogP contribution in [0.1, 0.15) is 13.8 Å². The summed E-state index contributed by atoms with van der Waals surface area (Å²) < 4.78 is 25.8. The molecule has 2 atom stereocenters. The molecule has 6 heteroatoms. The van der Waals surface area contributed by atoms with Crippen LogP contribution in [0.2, 0.25) is 0 Å². The predicted molar refractivity (Wildman–Crippen MR) is 49.5 cm³/mol. The van der Waals surface area contributed by atoms with Crippen LogP contribution in [0.4, 0.5) is 8.78 Å². The molecule has 1 N–H and O–H groups in total. The highest BCUT2D eigenvalue weighted by atomic mass is 19.3. The van der Waals surface area contributed by atoms with E-state index in [1.807, 2.05) is 0 Å². The number of alkyl halides is 2. The van der Waals surface area contributed by atoms with E-state index in [1.54, 1.807) is 13.8 Å². The molecule has 2 rings (SSSR count). The number of halogens is 2. The Morgan fingerprint density at radius 2 is 1.75 bits per heavy atom. The summed E-state index contributed by atoms with van der Waals surface area (Å²) in [5.41, 5.74) is -0.390. The Morgan fingerprint density at radius 3 is 2.12 bits per heavy atom. The number of piperidine rings is 1. The maximum atomic E-state index is 12.9. The Bertz CT molecular complexity index is 343. The van der Waals surface area contributed by atoms with Crippen LogP contribution in [-0.2, 0) is 9.59 Å². The molecule has 2 unspecified atom stereocenters. The van der Waals surface area contributed by atoms with E-state index in [9.17, 15) is 18.4 Å². The third-order valence-electron chi connectivity index (χ3n) is 3.51. The molecule has 0 radical (unpaired) electrons. The molecule has 90 valence electrons. The Morgan fingerprint density at radius 1 is 1.31 bits per heavy atom. The zero-order chi connectivity index (χ0) is 12.3. The van der Waals surface area contributed by atoms with E-state index in [-0.39, 0.29) is 5.41 Å². The molecule has 16 heavy (non-hydrogen) atoms. The van der Waals surface area contributed by atoms with Crippen molar-refractivity contribution in [2.24, 2.45) is 17.3 Å². The highest BCUT2D eigenvalue weighted by molar-refractivity contribution is 6.10. The van der Waals surface area contributed by atoms with Crippen molar-refractivity contribution in [2.75, 3.05) is 13.2 Å². The predicted octanol–water partition coefficient (Wildman–Crippen LogP) is 0.255. The van der Waals surface area contributed by atoms with Gasteiger partial charge in [0.25, 0.3) is 5.92 Å². The first kappa shape index (κ1) is 11.4.